The third kappa shape index (κ3) is 5.60. The number of anilines is 1. The first-order chi connectivity index (χ1) is 16.8. The van der Waals surface area contributed by atoms with Crippen molar-refractivity contribution in [3.63, 3.8) is 0 Å². The van der Waals surface area contributed by atoms with Crippen molar-refractivity contribution < 1.29 is 19.1 Å². The number of hydrogen-bond donors (Lipinski definition) is 2. The van der Waals surface area contributed by atoms with Crippen molar-refractivity contribution in [2.75, 3.05) is 26.6 Å². The Bertz CT molecular complexity index is 1360. The summed E-state index contributed by atoms with van der Waals surface area (Å²) in [5, 5.41) is 12.1. The van der Waals surface area contributed by atoms with E-state index in [-0.39, 0.29) is 5.91 Å². The fourth-order valence-corrected chi connectivity index (χ4v) is 4.00. The Morgan fingerprint density at radius 1 is 0.971 bits per heavy atom. The van der Waals surface area contributed by atoms with E-state index < -0.39 is 0 Å². The number of benzene rings is 3. The number of nitrogens with zero attached hydrogens (tertiary/aromatic N) is 1. The van der Waals surface area contributed by atoms with Crippen LogP contribution in [0.25, 0.3) is 10.9 Å². The summed E-state index contributed by atoms with van der Waals surface area (Å²) >= 11 is 3.47. The number of methoxy groups -OCH3 is 2. The Morgan fingerprint density at radius 2 is 1.54 bits per heavy atom. The molecular weight excluding hydrogens is 510 g/mol. The first kappa shape index (κ1) is 25.7. The highest BCUT2D eigenvalue weighted by Crippen LogP contribution is 2.33. The molecular formula is C27H26BrN3O4. The third-order valence-electron chi connectivity index (χ3n) is 5.33. The molecule has 8 heteroatoms. The predicted octanol–water partition coefficient (Wildman–Crippen LogP) is 6.04. The minimum Gasteiger partial charge on any atom is -0.497 e. The van der Waals surface area contributed by atoms with E-state index in [4.69, 9.17) is 14.9 Å². The van der Waals surface area contributed by atoms with Gasteiger partial charge in [-0.1, -0.05) is 15.9 Å². The quantitative estimate of drug-likeness (QED) is 0.232. The van der Waals surface area contributed by atoms with E-state index in [1.54, 1.807) is 81.3 Å². The van der Waals surface area contributed by atoms with E-state index in [0.29, 0.717) is 28.4 Å². The monoisotopic (exact) mass is 535 g/mol. The van der Waals surface area contributed by atoms with Crippen LogP contribution in [0.1, 0.15) is 33.2 Å². The highest BCUT2D eigenvalue weighted by molar-refractivity contribution is 9.10. The predicted molar refractivity (Wildman–Crippen MR) is 143 cm³/mol. The van der Waals surface area contributed by atoms with Gasteiger partial charge in [0.25, 0.3) is 5.91 Å². The highest BCUT2D eigenvalue weighted by atomic mass is 79.9. The Morgan fingerprint density at radius 3 is 2.03 bits per heavy atom. The molecule has 1 heterocycles. The fraction of sp³-hybridized carbons (Fsp3) is 0.148. The standard InChI is InChI=1S/C19H18BrN3O2.C8H8O2/c1-11(21)17-15-10-13(20)6-9-16(15)23(18(17)22-2)19(24)12-4-7-14(25-3)8-5-12;1-10-8-4-2-7(6-9)3-5-8/h4-10,21-22H,1-3H3;2-6H,1H3. The summed E-state index contributed by atoms with van der Waals surface area (Å²) in [4.78, 5) is 23.3. The summed E-state index contributed by atoms with van der Waals surface area (Å²) in [5.74, 6) is 1.92. The Hall–Kier alpha value is -3.91. The van der Waals surface area contributed by atoms with E-state index in [1.807, 2.05) is 18.2 Å². The van der Waals surface area contributed by atoms with Crippen molar-refractivity contribution in [2.24, 2.45) is 0 Å². The van der Waals surface area contributed by atoms with Crippen LogP contribution in [0.4, 0.5) is 5.82 Å². The molecule has 0 unspecified atom stereocenters. The van der Waals surface area contributed by atoms with Crippen molar-refractivity contribution in [3.8, 4) is 11.5 Å². The molecule has 4 aromatic rings. The van der Waals surface area contributed by atoms with Gasteiger partial charge in [0.1, 0.15) is 23.6 Å². The SMILES string of the molecule is CNc1c(C(C)=N)c2cc(Br)ccc2n1C(=O)c1ccc(OC)cc1.COc1ccc(C=O)cc1. The lowest BCUT2D eigenvalue weighted by Gasteiger charge is -2.10. The molecule has 0 radical (unpaired) electrons. The maximum atomic E-state index is 13.2. The lowest BCUT2D eigenvalue weighted by molar-refractivity contribution is 0.0966. The molecule has 0 bridgehead atoms. The van der Waals surface area contributed by atoms with Crippen LogP contribution in [0, 0.1) is 5.41 Å². The van der Waals surface area contributed by atoms with Gasteiger partial charge in [0.05, 0.1) is 19.7 Å². The van der Waals surface area contributed by atoms with Crippen LogP contribution in [0.3, 0.4) is 0 Å². The van der Waals surface area contributed by atoms with Gasteiger partial charge in [-0.05, 0) is 73.7 Å². The molecule has 3 aromatic carbocycles. The largest absolute Gasteiger partial charge is 0.497 e. The number of ether oxygens (including phenoxy) is 2. The molecule has 0 fully saturated rings. The Balaban J connectivity index is 0.000000287. The summed E-state index contributed by atoms with van der Waals surface area (Å²) in [6.45, 7) is 1.72. The molecule has 0 aliphatic heterocycles. The summed E-state index contributed by atoms with van der Waals surface area (Å²) in [6.07, 6.45) is 0.805. The first-order valence-electron chi connectivity index (χ1n) is 10.7. The summed E-state index contributed by atoms with van der Waals surface area (Å²) in [6, 6.07) is 19.6. The Labute approximate surface area is 212 Å². The molecule has 180 valence electrons. The van der Waals surface area contributed by atoms with E-state index in [2.05, 4.69) is 21.2 Å². The van der Waals surface area contributed by atoms with Crippen LogP contribution in [0.5, 0.6) is 11.5 Å². The van der Waals surface area contributed by atoms with E-state index in [9.17, 15) is 9.59 Å². The van der Waals surface area contributed by atoms with E-state index in [1.165, 1.54) is 0 Å². The topological polar surface area (TPSA) is 93.4 Å². The van der Waals surface area contributed by atoms with Gasteiger partial charge in [0.15, 0.2) is 0 Å². The van der Waals surface area contributed by atoms with Crippen LogP contribution < -0.4 is 14.8 Å². The molecule has 0 amide bonds. The van der Waals surface area contributed by atoms with Gasteiger partial charge < -0.3 is 20.2 Å². The number of hydrogen-bond acceptors (Lipinski definition) is 6. The van der Waals surface area contributed by atoms with Gasteiger partial charge in [-0.25, -0.2) is 0 Å². The van der Waals surface area contributed by atoms with Gasteiger partial charge in [-0.3, -0.25) is 14.2 Å². The van der Waals surface area contributed by atoms with Crippen LogP contribution >= 0.6 is 15.9 Å². The highest BCUT2D eigenvalue weighted by Gasteiger charge is 2.23. The molecule has 0 saturated heterocycles. The molecule has 7 nitrogen and oxygen atoms in total. The van der Waals surface area contributed by atoms with E-state index in [0.717, 1.165) is 33.0 Å². The number of aldehydes is 1. The zero-order valence-electron chi connectivity index (χ0n) is 19.9. The average molecular weight is 536 g/mol. The summed E-state index contributed by atoms with van der Waals surface area (Å²) < 4.78 is 12.6. The molecule has 0 saturated carbocycles. The number of halogens is 1. The van der Waals surface area contributed by atoms with Gasteiger partial charge in [-0.2, -0.15) is 0 Å². The molecule has 0 atom stereocenters. The molecule has 1 aromatic heterocycles. The number of nitrogens with one attached hydrogen (secondary N) is 2. The number of carbonyl (C=O) groups excluding carboxylic acids is 2. The third-order valence-corrected chi connectivity index (χ3v) is 5.83. The van der Waals surface area contributed by atoms with Crippen LogP contribution in [0.2, 0.25) is 0 Å². The minimum atomic E-state index is -0.160. The van der Waals surface area contributed by atoms with Crippen molar-refractivity contribution in [3.05, 3.63) is 87.9 Å². The zero-order chi connectivity index (χ0) is 25.5. The second-order valence-electron chi connectivity index (χ2n) is 7.52. The first-order valence-corrected chi connectivity index (χ1v) is 11.5. The molecule has 0 aliphatic rings. The molecule has 2 N–H and O–H groups in total. The van der Waals surface area contributed by atoms with Crippen molar-refractivity contribution in [2.45, 2.75) is 6.92 Å². The van der Waals surface area contributed by atoms with E-state index >= 15 is 0 Å². The smallest absolute Gasteiger partial charge is 0.264 e. The van der Waals surface area contributed by atoms with Crippen LogP contribution in [-0.2, 0) is 0 Å². The maximum Gasteiger partial charge on any atom is 0.264 e. The number of carbonyl (C=O) groups is 2. The van der Waals surface area contributed by atoms with Crippen molar-refractivity contribution >= 4 is 50.6 Å². The lowest BCUT2D eigenvalue weighted by Crippen LogP contribution is -2.15. The number of aromatic nitrogens is 1. The second kappa shape index (κ2) is 11.5. The minimum absolute atomic E-state index is 0.160. The maximum absolute atomic E-state index is 13.2. The zero-order valence-corrected chi connectivity index (χ0v) is 21.5. The summed E-state index contributed by atoms with van der Waals surface area (Å²) in [7, 11) is 4.94. The molecule has 0 aliphatic carbocycles. The normalized spacial score (nSPS) is 10.2. The second-order valence-corrected chi connectivity index (χ2v) is 8.44. The van der Waals surface area contributed by atoms with Crippen LogP contribution in [-0.4, -0.2) is 43.7 Å². The molecule has 35 heavy (non-hydrogen) atoms. The molecule has 0 spiro atoms. The fourth-order valence-electron chi connectivity index (χ4n) is 3.64. The van der Waals surface area contributed by atoms with Gasteiger partial charge >= 0.3 is 0 Å². The van der Waals surface area contributed by atoms with Gasteiger partial charge in [0, 0.05) is 39.3 Å². The molecule has 4 rings (SSSR count). The number of fused-ring (bicyclic) bond motifs is 1. The van der Waals surface area contributed by atoms with Gasteiger partial charge in [-0.15, -0.1) is 0 Å². The van der Waals surface area contributed by atoms with Crippen molar-refractivity contribution in [1.82, 2.24) is 4.57 Å². The van der Waals surface area contributed by atoms with Gasteiger partial charge in [0.2, 0.25) is 0 Å². The average Bonchev–Trinajstić information content (AvgIpc) is 3.22. The Kier molecular flexibility index (Phi) is 8.43. The van der Waals surface area contributed by atoms with Crippen LogP contribution in [0.15, 0.2) is 71.2 Å². The lowest BCUT2D eigenvalue weighted by atomic mass is 10.1. The number of rotatable bonds is 6. The van der Waals surface area contributed by atoms with Crippen molar-refractivity contribution in [1.29, 1.82) is 5.41 Å². The summed E-state index contributed by atoms with van der Waals surface area (Å²) in [5.41, 5.74) is 3.09.